The molecule has 0 unspecified atom stereocenters. The second-order valence-corrected chi connectivity index (χ2v) is 8.74. The fourth-order valence-electron chi connectivity index (χ4n) is 4.68. The Morgan fingerprint density at radius 2 is 1.81 bits per heavy atom. The topological polar surface area (TPSA) is 123 Å². The zero-order valence-corrected chi connectivity index (χ0v) is 17.6. The van der Waals surface area contributed by atoms with Gasteiger partial charge in [-0.1, -0.05) is 23.7 Å². The molecule has 4 atom stereocenters. The molecule has 1 fully saturated rings. The predicted molar refractivity (Wildman–Crippen MR) is 123 cm³/mol. The molecule has 0 aliphatic heterocycles. The van der Waals surface area contributed by atoms with Gasteiger partial charge in [0.1, 0.15) is 23.4 Å². The van der Waals surface area contributed by atoms with E-state index in [0.717, 1.165) is 40.3 Å². The van der Waals surface area contributed by atoms with E-state index < -0.39 is 12.2 Å². The summed E-state index contributed by atoms with van der Waals surface area (Å²) in [5, 5.41) is 23.8. The first-order valence-electron chi connectivity index (χ1n) is 10.3. The first-order chi connectivity index (χ1) is 14.9. The summed E-state index contributed by atoms with van der Waals surface area (Å²) in [6.45, 7) is 0. The molecule has 160 valence electrons. The van der Waals surface area contributed by atoms with Crippen LogP contribution in [0.4, 0.5) is 11.6 Å². The molecule has 0 radical (unpaired) electrons. The molecule has 6 N–H and O–H groups in total. The third-order valence-corrected chi connectivity index (χ3v) is 6.68. The summed E-state index contributed by atoms with van der Waals surface area (Å²) in [7, 11) is 0. The van der Waals surface area contributed by atoms with E-state index in [-0.39, 0.29) is 12.0 Å². The maximum atomic E-state index is 10.8. The highest BCUT2D eigenvalue weighted by molar-refractivity contribution is 6.33. The average Bonchev–Trinajstić information content (AvgIpc) is 3.28. The number of benzene rings is 1. The van der Waals surface area contributed by atoms with Gasteiger partial charge < -0.3 is 26.2 Å². The van der Waals surface area contributed by atoms with Crippen LogP contribution in [0.15, 0.2) is 48.7 Å². The van der Waals surface area contributed by atoms with Gasteiger partial charge >= 0.3 is 0 Å². The summed E-state index contributed by atoms with van der Waals surface area (Å²) in [6.07, 6.45) is 2.43. The van der Waals surface area contributed by atoms with Gasteiger partial charge in [0.2, 0.25) is 0 Å². The number of pyridine rings is 2. The second-order valence-electron chi connectivity index (χ2n) is 8.34. The highest BCUT2D eigenvalue weighted by atomic mass is 35.5. The van der Waals surface area contributed by atoms with Gasteiger partial charge in [-0.05, 0) is 61.1 Å². The van der Waals surface area contributed by atoms with Gasteiger partial charge in [0.05, 0.1) is 22.7 Å². The van der Waals surface area contributed by atoms with E-state index in [2.05, 4.69) is 9.97 Å². The first-order valence-corrected chi connectivity index (χ1v) is 10.7. The zero-order valence-electron chi connectivity index (χ0n) is 16.8. The molecule has 1 aliphatic carbocycles. The molecule has 4 aromatic rings. The molecule has 1 saturated carbocycles. The molecule has 0 saturated heterocycles. The Labute approximate surface area is 184 Å². The number of halogens is 1. The van der Waals surface area contributed by atoms with E-state index in [4.69, 9.17) is 23.1 Å². The van der Waals surface area contributed by atoms with Crippen LogP contribution in [-0.4, -0.2) is 37.0 Å². The van der Waals surface area contributed by atoms with Gasteiger partial charge in [0.15, 0.2) is 0 Å². The maximum Gasteiger partial charge on any atom is 0.142 e. The fraction of sp³-hybridized carbons (Fsp3) is 0.304. The summed E-state index contributed by atoms with van der Waals surface area (Å²) >= 11 is 6.05. The van der Waals surface area contributed by atoms with Crippen molar-refractivity contribution in [2.24, 2.45) is 5.92 Å². The van der Waals surface area contributed by atoms with E-state index >= 15 is 0 Å². The molecule has 8 heteroatoms. The highest BCUT2D eigenvalue weighted by Crippen LogP contribution is 2.39. The molecular weight excluding hydrogens is 414 g/mol. The number of hydrogen-bond donors (Lipinski definition) is 4. The SMILES string of the molecule is Nc1ccc2ccn([C@@H]3C[C@H](CCc4ccc5cc(Cl)c(N)nc5c4)[C@@H](O)[C@H]3O)c2n1. The van der Waals surface area contributed by atoms with Crippen LogP contribution in [0.2, 0.25) is 5.02 Å². The van der Waals surface area contributed by atoms with Crippen LogP contribution in [0.3, 0.4) is 0 Å². The van der Waals surface area contributed by atoms with Gasteiger partial charge in [-0.2, -0.15) is 0 Å². The van der Waals surface area contributed by atoms with Crippen LogP contribution >= 0.6 is 11.6 Å². The minimum absolute atomic E-state index is 0.0301. The lowest BCUT2D eigenvalue weighted by Crippen LogP contribution is -2.29. The first kappa shape index (κ1) is 20.1. The Balaban J connectivity index is 1.34. The van der Waals surface area contributed by atoms with Crippen molar-refractivity contribution in [3.8, 4) is 0 Å². The number of aliphatic hydroxyl groups excluding tert-OH is 2. The quantitative estimate of drug-likeness (QED) is 0.388. The van der Waals surface area contributed by atoms with Crippen LogP contribution in [0.25, 0.3) is 21.9 Å². The molecule has 1 aromatic carbocycles. The van der Waals surface area contributed by atoms with E-state index in [9.17, 15) is 10.2 Å². The third-order valence-electron chi connectivity index (χ3n) is 6.38. The largest absolute Gasteiger partial charge is 0.390 e. The number of rotatable bonds is 4. The second kappa shape index (κ2) is 7.67. The number of anilines is 2. The Bertz CT molecular complexity index is 1270. The van der Waals surface area contributed by atoms with Crippen LogP contribution in [-0.2, 0) is 6.42 Å². The van der Waals surface area contributed by atoms with Crippen molar-refractivity contribution in [3.63, 3.8) is 0 Å². The molecule has 0 spiro atoms. The van der Waals surface area contributed by atoms with Gasteiger partial charge in [-0.3, -0.25) is 0 Å². The number of hydrogen-bond acceptors (Lipinski definition) is 6. The number of nitrogens with zero attached hydrogens (tertiary/aromatic N) is 3. The van der Waals surface area contributed by atoms with Gasteiger partial charge in [-0.15, -0.1) is 0 Å². The molecule has 3 heterocycles. The van der Waals surface area contributed by atoms with Crippen LogP contribution in [0.1, 0.15) is 24.4 Å². The van der Waals surface area contributed by atoms with Gasteiger partial charge in [0.25, 0.3) is 0 Å². The van der Waals surface area contributed by atoms with Gasteiger partial charge in [-0.25, -0.2) is 9.97 Å². The Hall–Kier alpha value is -2.87. The Kier molecular flexibility index (Phi) is 4.97. The van der Waals surface area contributed by atoms with Crippen LogP contribution in [0.5, 0.6) is 0 Å². The number of nitrogens with two attached hydrogens (primary N) is 2. The number of aryl methyl sites for hydroxylation is 1. The van der Waals surface area contributed by atoms with Crippen molar-refractivity contribution in [1.82, 2.24) is 14.5 Å². The Morgan fingerprint density at radius 1 is 1.00 bits per heavy atom. The molecule has 0 amide bonds. The smallest absolute Gasteiger partial charge is 0.142 e. The van der Waals surface area contributed by atoms with Crippen LogP contribution < -0.4 is 11.5 Å². The standard InChI is InChI=1S/C23H24ClN5O2/c24-16-10-14-3-1-12(9-17(14)27-22(16)26)2-4-15-11-18(21(31)20(15)30)29-8-7-13-5-6-19(25)28-23(13)29/h1,3,5-10,15,18,20-21,30-31H,2,4,11H2,(H2,25,28)(H2,26,27)/t15-,18+,20+,21-/m0/s1. The molecule has 0 bridgehead atoms. The summed E-state index contributed by atoms with van der Waals surface area (Å²) in [5.74, 6) is 0.720. The lowest BCUT2D eigenvalue weighted by Gasteiger charge is -2.19. The summed E-state index contributed by atoms with van der Waals surface area (Å²) in [6, 6.07) is 13.2. The van der Waals surface area contributed by atoms with E-state index in [0.29, 0.717) is 23.1 Å². The third kappa shape index (κ3) is 3.59. The number of aliphatic hydroxyl groups is 2. The summed E-state index contributed by atoms with van der Waals surface area (Å²) in [5.41, 5.74) is 14.3. The Morgan fingerprint density at radius 3 is 2.65 bits per heavy atom. The number of aromatic nitrogens is 3. The average molecular weight is 438 g/mol. The van der Waals surface area contributed by atoms with E-state index in [1.807, 2.05) is 47.2 Å². The summed E-state index contributed by atoms with van der Waals surface area (Å²) < 4.78 is 1.94. The van der Waals surface area contributed by atoms with E-state index in [1.165, 1.54) is 0 Å². The fourth-order valence-corrected chi connectivity index (χ4v) is 4.84. The molecule has 5 rings (SSSR count). The molecule has 3 aromatic heterocycles. The predicted octanol–water partition coefficient (Wildman–Crippen LogP) is 3.32. The van der Waals surface area contributed by atoms with Gasteiger partial charge in [0, 0.05) is 17.0 Å². The number of fused-ring (bicyclic) bond motifs is 2. The van der Waals surface area contributed by atoms with E-state index in [1.54, 1.807) is 6.07 Å². The van der Waals surface area contributed by atoms with Crippen molar-refractivity contribution >= 4 is 45.2 Å². The molecular formula is C23H24ClN5O2. The lowest BCUT2D eigenvalue weighted by atomic mass is 9.95. The van der Waals surface area contributed by atoms with Crippen LogP contribution in [0, 0.1) is 5.92 Å². The maximum absolute atomic E-state index is 10.8. The molecule has 1 aliphatic rings. The normalized spacial score (nSPS) is 23.7. The lowest BCUT2D eigenvalue weighted by molar-refractivity contribution is 0.00546. The summed E-state index contributed by atoms with van der Waals surface area (Å²) in [4.78, 5) is 8.78. The minimum Gasteiger partial charge on any atom is -0.390 e. The van der Waals surface area contributed by atoms with Crippen molar-refractivity contribution in [2.75, 3.05) is 11.5 Å². The van der Waals surface area contributed by atoms with Crippen molar-refractivity contribution in [1.29, 1.82) is 0 Å². The number of nitrogen functional groups attached to an aromatic ring is 2. The van der Waals surface area contributed by atoms with Crippen molar-refractivity contribution in [2.45, 2.75) is 37.5 Å². The highest BCUT2D eigenvalue weighted by Gasteiger charge is 2.42. The minimum atomic E-state index is -0.857. The zero-order chi connectivity index (χ0) is 21.7. The van der Waals surface area contributed by atoms with Crippen molar-refractivity contribution < 1.29 is 10.2 Å². The van der Waals surface area contributed by atoms with Crippen molar-refractivity contribution in [3.05, 3.63) is 59.2 Å². The molecule has 31 heavy (non-hydrogen) atoms. The molecule has 7 nitrogen and oxygen atoms in total. The monoisotopic (exact) mass is 437 g/mol.